The van der Waals surface area contributed by atoms with Crippen molar-refractivity contribution in [2.45, 2.75) is 26.9 Å². The van der Waals surface area contributed by atoms with E-state index in [1.165, 1.54) is 20.8 Å². The molecule has 18 heavy (non-hydrogen) atoms. The van der Waals surface area contributed by atoms with Crippen LogP contribution in [0.4, 0.5) is 13.2 Å². The van der Waals surface area contributed by atoms with Crippen LogP contribution in [0.1, 0.15) is 31.1 Å². The van der Waals surface area contributed by atoms with E-state index < -0.39 is 34.8 Å². The zero-order valence-corrected chi connectivity index (χ0v) is 10.3. The zero-order chi connectivity index (χ0) is 14.1. The minimum absolute atomic E-state index is 0.362. The average Bonchev–Trinajstić information content (AvgIpc) is 2.28. The van der Waals surface area contributed by atoms with Crippen LogP contribution in [-0.4, -0.2) is 17.7 Å². The summed E-state index contributed by atoms with van der Waals surface area (Å²) in [5.41, 5.74) is -1.38. The highest BCUT2D eigenvalue weighted by Gasteiger charge is 2.35. The van der Waals surface area contributed by atoms with Gasteiger partial charge in [0.05, 0.1) is 0 Å². The van der Waals surface area contributed by atoms with Crippen LogP contribution in [0.3, 0.4) is 0 Å². The normalized spacial score (nSPS) is 13.2. The number of ketones is 2. The zero-order valence-electron chi connectivity index (χ0n) is 10.3. The lowest BCUT2D eigenvalue weighted by Gasteiger charge is -2.18. The minimum Gasteiger partial charge on any atom is -0.295 e. The van der Waals surface area contributed by atoms with Crippen LogP contribution >= 0.6 is 0 Å². The van der Waals surface area contributed by atoms with E-state index in [0.29, 0.717) is 6.07 Å². The predicted molar refractivity (Wildman–Crippen MR) is 60.0 cm³/mol. The SMILES string of the molecule is CC(C)(C)C(=O)C(F)C(=O)c1ccc(F)c(F)c1. The lowest BCUT2D eigenvalue weighted by molar-refractivity contribution is -0.129. The van der Waals surface area contributed by atoms with Gasteiger partial charge in [-0.25, -0.2) is 13.2 Å². The monoisotopic (exact) mass is 258 g/mol. The number of alkyl halides is 1. The lowest BCUT2D eigenvalue weighted by atomic mass is 9.86. The Hall–Kier alpha value is -1.65. The molecule has 0 N–H and O–H groups in total. The number of Topliss-reactive ketones (excluding diaryl/α,β-unsaturated/α-hetero) is 2. The molecule has 1 unspecified atom stereocenters. The number of hydrogen-bond donors (Lipinski definition) is 0. The summed E-state index contributed by atoms with van der Waals surface area (Å²) in [4.78, 5) is 23.2. The second kappa shape index (κ2) is 4.92. The molecular weight excluding hydrogens is 245 g/mol. The van der Waals surface area contributed by atoms with Crippen molar-refractivity contribution in [2.75, 3.05) is 0 Å². The van der Waals surface area contributed by atoms with E-state index in [9.17, 15) is 22.8 Å². The molecule has 0 radical (unpaired) electrons. The Morgan fingerprint density at radius 2 is 1.67 bits per heavy atom. The van der Waals surface area contributed by atoms with E-state index >= 15 is 0 Å². The Bertz CT molecular complexity index is 489. The molecule has 1 atom stereocenters. The van der Waals surface area contributed by atoms with Crippen LogP contribution in [0.25, 0.3) is 0 Å². The van der Waals surface area contributed by atoms with Gasteiger partial charge in [0.1, 0.15) is 0 Å². The molecule has 0 amide bonds. The summed E-state index contributed by atoms with van der Waals surface area (Å²) in [5.74, 6) is -4.44. The van der Waals surface area contributed by atoms with Crippen LogP contribution in [0.2, 0.25) is 0 Å². The third-order valence-corrected chi connectivity index (χ3v) is 2.40. The maximum absolute atomic E-state index is 13.7. The number of rotatable bonds is 3. The molecule has 1 rings (SSSR count). The van der Waals surface area contributed by atoms with Crippen LogP contribution in [0.15, 0.2) is 18.2 Å². The topological polar surface area (TPSA) is 34.1 Å². The Labute approximate surface area is 103 Å². The highest BCUT2D eigenvalue weighted by atomic mass is 19.2. The molecular formula is C13H13F3O2. The molecule has 2 nitrogen and oxygen atoms in total. The molecule has 0 aliphatic heterocycles. The third kappa shape index (κ3) is 2.97. The Morgan fingerprint density at radius 1 is 1.11 bits per heavy atom. The van der Waals surface area contributed by atoms with Gasteiger partial charge in [0.25, 0.3) is 0 Å². The van der Waals surface area contributed by atoms with Gasteiger partial charge in [0, 0.05) is 11.0 Å². The van der Waals surface area contributed by atoms with Gasteiger partial charge in [-0.15, -0.1) is 0 Å². The van der Waals surface area contributed by atoms with E-state index in [2.05, 4.69) is 0 Å². The number of benzene rings is 1. The maximum atomic E-state index is 13.7. The van der Waals surface area contributed by atoms with Crippen molar-refractivity contribution in [3.8, 4) is 0 Å². The fourth-order valence-corrected chi connectivity index (χ4v) is 1.29. The first-order valence-electron chi connectivity index (χ1n) is 5.32. The van der Waals surface area contributed by atoms with Crippen molar-refractivity contribution in [3.05, 3.63) is 35.4 Å². The summed E-state index contributed by atoms with van der Waals surface area (Å²) in [7, 11) is 0. The number of hydrogen-bond acceptors (Lipinski definition) is 2. The largest absolute Gasteiger partial charge is 0.295 e. The van der Waals surface area contributed by atoms with Crippen molar-refractivity contribution in [2.24, 2.45) is 5.41 Å². The molecule has 1 aromatic carbocycles. The van der Waals surface area contributed by atoms with Crippen molar-refractivity contribution in [3.63, 3.8) is 0 Å². The molecule has 0 saturated carbocycles. The van der Waals surface area contributed by atoms with Crippen LogP contribution < -0.4 is 0 Å². The third-order valence-electron chi connectivity index (χ3n) is 2.40. The number of carbonyl (C=O) groups excluding carboxylic acids is 2. The summed E-state index contributed by atoms with van der Waals surface area (Å²) in [6, 6.07) is 2.25. The summed E-state index contributed by atoms with van der Waals surface area (Å²) in [6.45, 7) is 4.42. The van der Waals surface area contributed by atoms with E-state index in [1.807, 2.05) is 0 Å². The predicted octanol–water partition coefficient (Wildman–Crippen LogP) is 3.10. The first-order valence-corrected chi connectivity index (χ1v) is 5.32. The molecule has 0 spiro atoms. The number of halogens is 3. The quantitative estimate of drug-likeness (QED) is 0.616. The Kier molecular flexibility index (Phi) is 3.94. The van der Waals surface area contributed by atoms with Crippen molar-refractivity contribution < 1.29 is 22.8 Å². The molecule has 0 heterocycles. The Balaban J connectivity index is 3.00. The average molecular weight is 258 g/mol. The summed E-state index contributed by atoms with van der Waals surface area (Å²) in [5, 5.41) is 0. The summed E-state index contributed by atoms with van der Waals surface area (Å²) >= 11 is 0. The summed E-state index contributed by atoms with van der Waals surface area (Å²) < 4.78 is 39.3. The highest BCUT2D eigenvalue weighted by Crippen LogP contribution is 2.21. The lowest BCUT2D eigenvalue weighted by Crippen LogP contribution is -2.35. The molecule has 0 aliphatic carbocycles. The van der Waals surface area contributed by atoms with Crippen LogP contribution in [-0.2, 0) is 4.79 Å². The molecule has 0 aromatic heterocycles. The van der Waals surface area contributed by atoms with Crippen molar-refractivity contribution in [1.29, 1.82) is 0 Å². The van der Waals surface area contributed by atoms with Gasteiger partial charge in [-0.05, 0) is 18.2 Å². The van der Waals surface area contributed by atoms with Gasteiger partial charge in [-0.2, -0.15) is 0 Å². The molecule has 0 fully saturated rings. The molecule has 5 heteroatoms. The first kappa shape index (κ1) is 14.4. The van der Waals surface area contributed by atoms with Gasteiger partial charge < -0.3 is 0 Å². The second-order valence-electron chi connectivity index (χ2n) is 4.97. The smallest absolute Gasteiger partial charge is 0.221 e. The van der Waals surface area contributed by atoms with Gasteiger partial charge in [-0.1, -0.05) is 20.8 Å². The highest BCUT2D eigenvalue weighted by molar-refractivity contribution is 6.14. The van der Waals surface area contributed by atoms with Gasteiger partial charge >= 0.3 is 0 Å². The summed E-state index contributed by atoms with van der Waals surface area (Å²) in [6.07, 6.45) is -2.37. The van der Waals surface area contributed by atoms with E-state index in [0.717, 1.165) is 12.1 Å². The first-order chi connectivity index (χ1) is 8.14. The van der Waals surface area contributed by atoms with Crippen LogP contribution in [0.5, 0.6) is 0 Å². The molecule has 1 aromatic rings. The number of carbonyl (C=O) groups is 2. The fourth-order valence-electron chi connectivity index (χ4n) is 1.29. The molecule has 0 aliphatic rings. The van der Waals surface area contributed by atoms with E-state index in [1.54, 1.807) is 0 Å². The van der Waals surface area contributed by atoms with E-state index in [4.69, 9.17) is 0 Å². The molecule has 98 valence electrons. The maximum Gasteiger partial charge on any atom is 0.221 e. The Morgan fingerprint density at radius 3 is 2.11 bits per heavy atom. The van der Waals surface area contributed by atoms with Gasteiger partial charge in [0.2, 0.25) is 12.0 Å². The molecule has 0 saturated heterocycles. The fraction of sp³-hybridized carbons (Fsp3) is 0.385. The standard InChI is InChI=1S/C13H13F3O2/c1-13(2,3)12(18)10(16)11(17)7-4-5-8(14)9(15)6-7/h4-6,10H,1-3H3. The van der Waals surface area contributed by atoms with Crippen LogP contribution in [0, 0.1) is 17.0 Å². The van der Waals surface area contributed by atoms with E-state index in [-0.39, 0.29) is 5.56 Å². The van der Waals surface area contributed by atoms with Gasteiger partial charge in [-0.3, -0.25) is 9.59 Å². The van der Waals surface area contributed by atoms with Crippen molar-refractivity contribution in [1.82, 2.24) is 0 Å². The minimum atomic E-state index is -2.37. The van der Waals surface area contributed by atoms with Crippen molar-refractivity contribution >= 4 is 11.6 Å². The van der Waals surface area contributed by atoms with Gasteiger partial charge in [0.15, 0.2) is 17.4 Å². The molecule has 0 bridgehead atoms. The second-order valence-corrected chi connectivity index (χ2v) is 4.97.